The minimum Gasteiger partial charge on any atom is -0.456 e. The van der Waals surface area contributed by atoms with Crippen molar-refractivity contribution in [2.45, 2.75) is 0 Å². The van der Waals surface area contributed by atoms with Crippen molar-refractivity contribution >= 4 is 21.5 Å². The topological polar surface area (TPSA) is 13.1 Å². The molecule has 118 valence electrons. The molecule has 4 aromatic carbocycles. The Balaban J connectivity index is 1.76. The predicted molar refractivity (Wildman–Crippen MR) is 105 cm³/mol. The van der Waals surface area contributed by atoms with Crippen LogP contribution in [0.1, 0.15) is 0 Å². The maximum atomic E-state index is 6.21. The first-order chi connectivity index (χ1) is 12.4. The van der Waals surface area contributed by atoms with Gasteiger partial charge in [0.2, 0.25) is 0 Å². The second-order valence-electron chi connectivity index (χ2n) is 6.22. The average Bonchev–Trinajstić information content (AvgIpc) is 3.18. The van der Waals surface area contributed by atoms with Crippen molar-refractivity contribution in [1.82, 2.24) is 0 Å². The van der Waals surface area contributed by atoms with E-state index in [1.807, 2.05) is 18.2 Å². The standard InChI is InChI=1S/C24H16O/c1-2-8-17(9-3-1)23-14-15-24(25-23)22-16-18-10-4-5-11-19(18)20-12-6-7-13-21(20)22/h1-16H. The molecule has 0 N–H and O–H groups in total. The van der Waals surface area contributed by atoms with Gasteiger partial charge in [0, 0.05) is 11.1 Å². The Morgan fingerprint density at radius 1 is 0.480 bits per heavy atom. The smallest absolute Gasteiger partial charge is 0.135 e. The lowest BCUT2D eigenvalue weighted by atomic mass is 9.96. The normalized spacial score (nSPS) is 11.2. The van der Waals surface area contributed by atoms with Crippen LogP contribution >= 0.6 is 0 Å². The van der Waals surface area contributed by atoms with Gasteiger partial charge in [0.25, 0.3) is 0 Å². The van der Waals surface area contributed by atoms with Crippen LogP contribution in [0.15, 0.2) is 101 Å². The van der Waals surface area contributed by atoms with Gasteiger partial charge in [-0.25, -0.2) is 0 Å². The fourth-order valence-electron chi connectivity index (χ4n) is 3.50. The third kappa shape index (κ3) is 2.33. The first kappa shape index (κ1) is 14.1. The van der Waals surface area contributed by atoms with Gasteiger partial charge in [-0.1, -0.05) is 78.9 Å². The Morgan fingerprint density at radius 3 is 1.96 bits per heavy atom. The molecule has 25 heavy (non-hydrogen) atoms. The van der Waals surface area contributed by atoms with Crippen molar-refractivity contribution in [3.8, 4) is 22.6 Å². The van der Waals surface area contributed by atoms with Crippen molar-refractivity contribution < 1.29 is 4.42 Å². The molecule has 0 aliphatic rings. The minimum absolute atomic E-state index is 0.896. The van der Waals surface area contributed by atoms with Crippen molar-refractivity contribution in [3.05, 3.63) is 97.1 Å². The summed E-state index contributed by atoms with van der Waals surface area (Å²) >= 11 is 0. The Kier molecular flexibility index (Phi) is 3.17. The molecule has 1 heterocycles. The Hall–Kier alpha value is -3.32. The number of fused-ring (bicyclic) bond motifs is 3. The summed E-state index contributed by atoms with van der Waals surface area (Å²) in [5.74, 6) is 1.80. The fraction of sp³-hybridized carbons (Fsp3) is 0. The molecule has 5 rings (SSSR count). The van der Waals surface area contributed by atoms with E-state index in [4.69, 9.17) is 4.42 Å². The van der Waals surface area contributed by atoms with Gasteiger partial charge in [-0.05, 0) is 39.7 Å². The van der Waals surface area contributed by atoms with Crippen LogP contribution in [0, 0.1) is 0 Å². The van der Waals surface area contributed by atoms with Crippen LogP contribution in [0.3, 0.4) is 0 Å². The van der Waals surface area contributed by atoms with E-state index in [1.165, 1.54) is 21.5 Å². The van der Waals surface area contributed by atoms with Crippen LogP contribution in [0.5, 0.6) is 0 Å². The minimum atomic E-state index is 0.896. The first-order valence-electron chi connectivity index (χ1n) is 8.46. The number of hydrogen-bond donors (Lipinski definition) is 0. The fourth-order valence-corrected chi connectivity index (χ4v) is 3.50. The molecule has 0 aliphatic heterocycles. The van der Waals surface area contributed by atoms with Crippen molar-refractivity contribution in [3.63, 3.8) is 0 Å². The lowest BCUT2D eigenvalue weighted by molar-refractivity contribution is 0.598. The Bertz CT molecular complexity index is 1180. The van der Waals surface area contributed by atoms with E-state index in [0.717, 1.165) is 22.6 Å². The molecule has 0 bridgehead atoms. The van der Waals surface area contributed by atoms with Crippen LogP contribution in [-0.2, 0) is 0 Å². The summed E-state index contributed by atoms with van der Waals surface area (Å²) in [5.41, 5.74) is 2.23. The van der Waals surface area contributed by atoms with E-state index in [-0.39, 0.29) is 0 Å². The van der Waals surface area contributed by atoms with Gasteiger partial charge < -0.3 is 4.42 Å². The van der Waals surface area contributed by atoms with Gasteiger partial charge in [0.15, 0.2) is 0 Å². The number of rotatable bonds is 2. The van der Waals surface area contributed by atoms with Gasteiger partial charge in [-0.2, -0.15) is 0 Å². The van der Waals surface area contributed by atoms with E-state index in [0.29, 0.717) is 0 Å². The molecule has 0 radical (unpaired) electrons. The summed E-state index contributed by atoms with van der Waals surface area (Å²) in [6.07, 6.45) is 0. The monoisotopic (exact) mass is 320 g/mol. The van der Waals surface area contributed by atoms with Crippen molar-refractivity contribution in [1.29, 1.82) is 0 Å². The summed E-state index contributed by atoms with van der Waals surface area (Å²) in [6.45, 7) is 0. The molecule has 0 saturated carbocycles. The molecule has 0 spiro atoms. The molecule has 0 aliphatic carbocycles. The molecule has 0 atom stereocenters. The van der Waals surface area contributed by atoms with E-state index in [2.05, 4.69) is 78.9 Å². The number of benzene rings is 4. The van der Waals surface area contributed by atoms with Crippen LogP contribution in [-0.4, -0.2) is 0 Å². The molecule has 1 aromatic heterocycles. The molecule has 1 heteroatoms. The first-order valence-corrected chi connectivity index (χ1v) is 8.46. The summed E-state index contributed by atoms with van der Waals surface area (Å²) < 4.78 is 6.21. The summed E-state index contributed by atoms with van der Waals surface area (Å²) in [7, 11) is 0. The van der Waals surface area contributed by atoms with Crippen LogP contribution in [0.2, 0.25) is 0 Å². The quantitative estimate of drug-likeness (QED) is 0.322. The third-order valence-corrected chi connectivity index (χ3v) is 4.70. The van der Waals surface area contributed by atoms with Crippen molar-refractivity contribution in [2.75, 3.05) is 0 Å². The molecular formula is C24H16O. The molecule has 5 aromatic rings. The lowest BCUT2D eigenvalue weighted by Gasteiger charge is -2.09. The van der Waals surface area contributed by atoms with Crippen LogP contribution in [0.4, 0.5) is 0 Å². The molecule has 1 nitrogen and oxygen atoms in total. The van der Waals surface area contributed by atoms with E-state index < -0.39 is 0 Å². The highest BCUT2D eigenvalue weighted by Crippen LogP contribution is 2.37. The number of furan rings is 1. The average molecular weight is 320 g/mol. The summed E-state index contributed by atoms with van der Waals surface area (Å²) in [5, 5.41) is 4.98. The highest BCUT2D eigenvalue weighted by Gasteiger charge is 2.12. The van der Waals surface area contributed by atoms with Gasteiger partial charge in [0.05, 0.1) is 0 Å². The zero-order valence-electron chi connectivity index (χ0n) is 13.6. The molecule has 0 fully saturated rings. The van der Waals surface area contributed by atoms with E-state index in [9.17, 15) is 0 Å². The van der Waals surface area contributed by atoms with E-state index in [1.54, 1.807) is 0 Å². The lowest BCUT2D eigenvalue weighted by Crippen LogP contribution is -1.82. The maximum Gasteiger partial charge on any atom is 0.135 e. The van der Waals surface area contributed by atoms with Crippen molar-refractivity contribution in [2.24, 2.45) is 0 Å². The third-order valence-electron chi connectivity index (χ3n) is 4.70. The SMILES string of the molecule is c1ccc(-c2ccc(-c3cc4ccccc4c4ccccc34)o2)cc1. The van der Waals surface area contributed by atoms with Crippen LogP contribution < -0.4 is 0 Å². The van der Waals surface area contributed by atoms with Gasteiger partial charge in [0.1, 0.15) is 11.5 Å². The second-order valence-corrected chi connectivity index (χ2v) is 6.22. The summed E-state index contributed by atoms with van der Waals surface area (Å²) in [4.78, 5) is 0. The second kappa shape index (κ2) is 5.64. The van der Waals surface area contributed by atoms with Gasteiger partial charge >= 0.3 is 0 Å². The Labute approximate surface area is 146 Å². The maximum absolute atomic E-state index is 6.21. The van der Waals surface area contributed by atoms with Crippen LogP contribution in [0.25, 0.3) is 44.2 Å². The molecule has 0 saturated heterocycles. The molecule has 0 unspecified atom stereocenters. The number of hydrogen-bond acceptors (Lipinski definition) is 1. The molecule has 0 amide bonds. The molecular weight excluding hydrogens is 304 g/mol. The van der Waals surface area contributed by atoms with Gasteiger partial charge in [-0.15, -0.1) is 0 Å². The highest BCUT2D eigenvalue weighted by atomic mass is 16.3. The Morgan fingerprint density at radius 2 is 1.12 bits per heavy atom. The van der Waals surface area contributed by atoms with Gasteiger partial charge in [-0.3, -0.25) is 0 Å². The highest BCUT2D eigenvalue weighted by molar-refractivity contribution is 6.13. The van der Waals surface area contributed by atoms with E-state index >= 15 is 0 Å². The summed E-state index contributed by atoms with van der Waals surface area (Å²) in [6, 6.07) is 33.6. The predicted octanol–water partition coefficient (Wildman–Crippen LogP) is 6.92. The largest absolute Gasteiger partial charge is 0.456 e. The zero-order valence-corrected chi connectivity index (χ0v) is 13.6. The zero-order chi connectivity index (χ0) is 16.6.